The van der Waals surface area contributed by atoms with Crippen LogP contribution in [0.15, 0.2) is 18.2 Å². The number of benzene rings is 1. The zero-order valence-corrected chi connectivity index (χ0v) is 11.2. The van der Waals surface area contributed by atoms with E-state index in [-0.39, 0.29) is 17.6 Å². The van der Waals surface area contributed by atoms with Crippen molar-refractivity contribution in [1.29, 1.82) is 0 Å². The standard InChI is InChI=1S/C15H22FNO/c1-11-4-3-8-17(9-7-11)12(2)14-6-5-13(18)10-15(14)16/h5-6,10-12,18H,3-4,7-9H2,1-2H3. The minimum absolute atomic E-state index is 0.00654. The lowest BCUT2D eigenvalue weighted by atomic mass is 10.0. The molecule has 0 aromatic heterocycles. The minimum atomic E-state index is -0.306. The third-order valence-electron chi connectivity index (χ3n) is 4.03. The SMILES string of the molecule is CC1CCCN(C(C)c2ccc(O)cc2F)CC1. The number of hydrogen-bond acceptors (Lipinski definition) is 2. The molecular formula is C15H22FNO. The van der Waals surface area contributed by atoms with Crippen LogP contribution in [0, 0.1) is 11.7 Å². The van der Waals surface area contributed by atoms with Crippen molar-refractivity contribution in [3.63, 3.8) is 0 Å². The number of nitrogens with zero attached hydrogens (tertiary/aromatic N) is 1. The summed E-state index contributed by atoms with van der Waals surface area (Å²) in [6.45, 7) is 6.40. The van der Waals surface area contributed by atoms with Crippen LogP contribution in [0.2, 0.25) is 0 Å². The van der Waals surface area contributed by atoms with Gasteiger partial charge in [0.05, 0.1) is 0 Å². The van der Waals surface area contributed by atoms with E-state index in [2.05, 4.69) is 11.8 Å². The van der Waals surface area contributed by atoms with Gasteiger partial charge in [0, 0.05) is 17.7 Å². The molecule has 3 heteroatoms. The van der Waals surface area contributed by atoms with E-state index in [1.807, 2.05) is 6.92 Å². The number of phenols is 1. The van der Waals surface area contributed by atoms with Crippen LogP contribution in [0.25, 0.3) is 0 Å². The molecule has 0 aliphatic carbocycles. The molecule has 1 heterocycles. The fourth-order valence-corrected chi connectivity index (χ4v) is 2.72. The van der Waals surface area contributed by atoms with Gasteiger partial charge in [0.15, 0.2) is 0 Å². The Labute approximate surface area is 108 Å². The molecule has 2 nitrogen and oxygen atoms in total. The smallest absolute Gasteiger partial charge is 0.131 e. The van der Waals surface area contributed by atoms with Gasteiger partial charge < -0.3 is 5.11 Å². The molecule has 1 aromatic carbocycles. The number of hydrogen-bond donors (Lipinski definition) is 1. The fraction of sp³-hybridized carbons (Fsp3) is 0.600. The van der Waals surface area contributed by atoms with E-state index in [9.17, 15) is 9.50 Å². The summed E-state index contributed by atoms with van der Waals surface area (Å²) in [5, 5.41) is 9.26. The lowest BCUT2D eigenvalue weighted by Gasteiger charge is -2.28. The Morgan fingerprint density at radius 1 is 1.33 bits per heavy atom. The molecule has 100 valence electrons. The molecule has 1 aliphatic rings. The minimum Gasteiger partial charge on any atom is -0.508 e. The highest BCUT2D eigenvalue weighted by atomic mass is 19.1. The van der Waals surface area contributed by atoms with E-state index in [1.165, 1.54) is 25.3 Å². The number of likely N-dealkylation sites (tertiary alicyclic amines) is 1. The highest BCUT2D eigenvalue weighted by molar-refractivity contribution is 5.29. The molecule has 18 heavy (non-hydrogen) atoms. The lowest BCUT2D eigenvalue weighted by Crippen LogP contribution is -2.28. The predicted octanol–water partition coefficient (Wildman–Crippen LogP) is 3.71. The first-order chi connectivity index (χ1) is 8.58. The van der Waals surface area contributed by atoms with E-state index in [1.54, 1.807) is 12.1 Å². The van der Waals surface area contributed by atoms with Gasteiger partial charge in [-0.15, -0.1) is 0 Å². The third kappa shape index (κ3) is 3.02. The van der Waals surface area contributed by atoms with Crippen LogP contribution in [0.1, 0.15) is 44.7 Å². The Hall–Kier alpha value is -1.09. The van der Waals surface area contributed by atoms with Crippen molar-refractivity contribution in [1.82, 2.24) is 4.90 Å². The van der Waals surface area contributed by atoms with Crippen molar-refractivity contribution in [3.05, 3.63) is 29.6 Å². The molecule has 0 spiro atoms. The Bertz CT molecular complexity index is 407. The molecule has 2 rings (SSSR count). The molecule has 0 radical (unpaired) electrons. The van der Waals surface area contributed by atoms with Gasteiger partial charge in [-0.3, -0.25) is 4.90 Å². The van der Waals surface area contributed by atoms with E-state index >= 15 is 0 Å². The second-order valence-corrected chi connectivity index (χ2v) is 5.45. The molecule has 1 saturated heterocycles. The summed E-state index contributed by atoms with van der Waals surface area (Å²) in [5.74, 6) is 0.458. The lowest BCUT2D eigenvalue weighted by molar-refractivity contribution is 0.213. The zero-order valence-electron chi connectivity index (χ0n) is 11.2. The highest BCUT2D eigenvalue weighted by Crippen LogP contribution is 2.28. The van der Waals surface area contributed by atoms with Crippen molar-refractivity contribution >= 4 is 0 Å². The molecule has 0 amide bonds. The zero-order chi connectivity index (χ0) is 13.1. The third-order valence-corrected chi connectivity index (χ3v) is 4.03. The van der Waals surface area contributed by atoms with Gasteiger partial charge in [-0.05, 0) is 51.3 Å². The summed E-state index contributed by atoms with van der Waals surface area (Å²) in [6.07, 6.45) is 3.64. The van der Waals surface area contributed by atoms with Gasteiger partial charge in [0.2, 0.25) is 0 Å². The summed E-state index contributed by atoms with van der Waals surface area (Å²) < 4.78 is 13.8. The Morgan fingerprint density at radius 3 is 2.83 bits per heavy atom. The Kier molecular flexibility index (Phi) is 4.23. The molecule has 1 aliphatic heterocycles. The predicted molar refractivity (Wildman–Crippen MR) is 71.1 cm³/mol. The highest BCUT2D eigenvalue weighted by Gasteiger charge is 2.21. The summed E-state index contributed by atoms with van der Waals surface area (Å²) in [4.78, 5) is 2.35. The maximum absolute atomic E-state index is 13.8. The molecule has 1 N–H and O–H groups in total. The second-order valence-electron chi connectivity index (χ2n) is 5.45. The topological polar surface area (TPSA) is 23.5 Å². The first-order valence-corrected chi connectivity index (χ1v) is 6.80. The van der Waals surface area contributed by atoms with E-state index in [0.29, 0.717) is 5.56 Å². The summed E-state index contributed by atoms with van der Waals surface area (Å²) in [7, 11) is 0. The van der Waals surface area contributed by atoms with Crippen LogP contribution in [0.3, 0.4) is 0 Å². The average molecular weight is 251 g/mol. The Morgan fingerprint density at radius 2 is 2.11 bits per heavy atom. The normalized spacial score (nSPS) is 23.6. The monoisotopic (exact) mass is 251 g/mol. The average Bonchev–Trinajstić information content (AvgIpc) is 2.53. The van der Waals surface area contributed by atoms with Crippen molar-refractivity contribution < 1.29 is 9.50 Å². The van der Waals surface area contributed by atoms with E-state index in [4.69, 9.17) is 0 Å². The van der Waals surface area contributed by atoms with Crippen molar-refractivity contribution in [3.8, 4) is 5.75 Å². The maximum atomic E-state index is 13.8. The fourth-order valence-electron chi connectivity index (χ4n) is 2.72. The van der Waals surface area contributed by atoms with Crippen LogP contribution in [-0.2, 0) is 0 Å². The van der Waals surface area contributed by atoms with Crippen LogP contribution in [-0.4, -0.2) is 23.1 Å². The number of phenolic OH excluding ortho intramolecular Hbond substituents is 1. The molecule has 2 atom stereocenters. The maximum Gasteiger partial charge on any atom is 0.131 e. The number of halogens is 1. The van der Waals surface area contributed by atoms with Gasteiger partial charge in [-0.2, -0.15) is 0 Å². The van der Waals surface area contributed by atoms with Gasteiger partial charge >= 0.3 is 0 Å². The molecule has 0 saturated carbocycles. The van der Waals surface area contributed by atoms with Gasteiger partial charge in [-0.25, -0.2) is 4.39 Å². The Balaban J connectivity index is 2.12. The van der Waals surface area contributed by atoms with Crippen molar-refractivity contribution in [2.24, 2.45) is 5.92 Å². The van der Waals surface area contributed by atoms with E-state index in [0.717, 1.165) is 19.0 Å². The van der Waals surface area contributed by atoms with Crippen LogP contribution >= 0.6 is 0 Å². The molecular weight excluding hydrogens is 229 g/mol. The summed E-state index contributed by atoms with van der Waals surface area (Å²) >= 11 is 0. The van der Waals surface area contributed by atoms with Gasteiger partial charge in [0.1, 0.15) is 11.6 Å². The van der Waals surface area contributed by atoms with Gasteiger partial charge in [0.25, 0.3) is 0 Å². The quantitative estimate of drug-likeness (QED) is 0.866. The molecule has 0 bridgehead atoms. The van der Waals surface area contributed by atoms with Crippen LogP contribution in [0.4, 0.5) is 4.39 Å². The number of rotatable bonds is 2. The van der Waals surface area contributed by atoms with Crippen LogP contribution < -0.4 is 0 Å². The van der Waals surface area contributed by atoms with Crippen molar-refractivity contribution in [2.45, 2.75) is 39.2 Å². The van der Waals surface area contributed by atoms with Crippen LogP contribution in [0.5, 0.6) is 5.75 Å². The first kappa shape index (κ1) is 13.3. The van der Waals surface area contributed by atoms with Gasteiger partial charge in [-0.1, -0.05) is 13.0 Å². The largest absolute Gasteiger partial charge is 0.508 e. The van der Waals surface area contributed by atoms with E-state index < -0.39 is 0 Å². The second kappa shape index (κ2) is 5.70. The molecule has 1 aromatic rings. The summed E-state index contributed by atoms with van der Waals surface area (Å²) in [6, 6.07) is 4.54. The molecule has 1 fully saturated rings. The molecule has 2 unspecified atom stereocenters. The van der Waals surface area contributed by atoms with Crippen molar-refractivity contribution in [2.75, 3.05) is 13.1 Å². The first-order valence-electron chi connectivity index (χ1n) is 6.80. The number of aromatic hydroxyl groups is 1. The summed E-state index contributed by atoms with van der Waals surface area (Å²) in [5.41, 5.74) is 0.683.